The van der Waals surface area contributed by atoms with Gasteiger partial charge in [0.05, 0.1) is 6.26 Å². The van der Waals surface area contributed by atoms with Gasteiger partial charge in [0.25, 0.3) is 0 Å². The first-order valence-corrected chi connectivity index (χ1v) is 8.57. The molecule has 23 heavy (non-hydrogen) atoms. The summed E-state index contributed by atoms with van der Waals surface area (Å²) < 4.78 is 5.46. The second-order valence-corrected chi connectivity index (χ2v) is 6.61. The molecule has 5 heteroatoms. The highest BCUT2D eigenvalue weighted by atomic mass is 32.2. The van der Waals surface area contributed by atoms with Crippen molar-refractivity contribution in [1.29, 1.82) is 0 Å². The Morgan fingerprint density at radius 3 is 2.83 bits per heavy atom. The summed E-state index contributed by atoms with van der Waals surface area (Å²) in [6, 6.07) is 17.7. The number of nitrogens with one attached hydrogen (secondary N) is 1. The van der Waals surface area contributed by atoms with E-state index < -0.39 is 0 Å². The summed E-state index contributed by atoms with van der Waals surface area (Å²) in [6.45, 7) is 0.718. The fourth-order valence-electron chi connectivity index (χ4n) is 2.81. The number of carbonyl (C=O) groups is 1. The van der Waals surface area contributed by atoms with Crippen LogP contribution in [0.5, 0.6) is 0 Å². The van der Waals surface area contributed by atoms with Crippen LogP contribution in [-0.4, -0.2) is 23.2 Å². The first-order chi connectivity index (χ1) is 11.3. The molecular weight excluding hydrogens is 308 g/mol. The Morgan fingerprint density at radius 1 is 1.13 bits per heavy atom. The molecule has 0 bridgehead atoms. The van der Waals surface area contributed by atoms with Gasteiger partial charge in [-0.15, -0.1) is 11.8 Å². The van der Waals surface area contributed by atoms with E-state index in [4.69, 9.17) is 4.42 Å². The SMILES string of the molecule is O=C(Nc1ccc2ccccc2c1)N1CCS[C@@H]1c1ccco1. The van der Waals surface area contributed by atoms with Gasteiger partial charge >= 0.3 is 6.03 Å². The van der Waals surface area contributed by atoms with Crippen molar-refractivity contribution < 1.29 is 9.21 Å². The van der Waals surface area contributed by atoms with Crippen LogP contribution in [0.1, 0.15) is 11.1 Å². The highest BCUT2D eigenvalue weighted by molar-refractivity contribution is 7.99. The number of hydrogen-bond donors (Lipinski definition) is 1. The molecule has 1 aliphatic rings. The third kappa shape index (κ3) is 2.80. The lowest BCUT2D eigenvalue weighted by molar-refractivity contribution is 0.210. The van der Waals surface area contributed by atoms with Crippen molar-refractivity contribution in [3.63, 3.8) is 0 Å². The number of furan rings is 1. The maximum atomic E-state index is 12.6. The van der Waals surface area contributed by atoms with Crippen molar-refractivity contribution in [2.75, 3.05) is 17.6 Å². The van der Waals surface area contributed by atoms with E-state index in [1.165, 1.54) is 0 Å². The molecule has 0 saturated carbocycles. The Morgan fingerprint density at radius 2 is 2.00 bits per heavy atom. The monoisotopic (exact) mass is 324 g/mol. The topological polar surface area (TPSA) is 45.5 Å². The van der Waals surface area contributed by atoms with Crippen molar-refractivity contribution in [1.82, 2.24) is 4.90 Å². The molecule has 2 heterocycles. The van der Waals surface area contributed by atoms with Gasteiger partial charge < -0.3 is 14.6 Å². The molecular formula is C18H16N2O2S. The first-order valence-electron chi connectivity index (χ1n) is 7.53. The standard InChI is InChI=1S/C18H16N2O2S/c21-18(20-9-11-23-17(20)16-6-3-10-22-16)19-15-8-7-13-4-1-2-5-14(13)12-15/h1-8,10,12,17H,9,11H2,(H,19,21)/t17-/m1/s1. The number of rotatable bonds is 2. The molecule has 1 aliphatic heterocycles. The molecule has 4 rings (SSSR count). The number of hydrogen-bond acceptors (Lipinski definition) is 3. The smallest absolute Gasteiger partial charge is 0.323 e. The number of anilines is 1. The van der Waals surface area contributed by atoms with Crippen LogP contribution in [0.25, 0.3) is 10.8 Å². The normalized spacial score (nSPS) is 17.6. The number of thioether (sulfide) groups is 1. The van der Waals surface area contributed by atoms with Crippen LogP contribution in [0.4, 0.5) is 10.5 Å². The number of urea groups is 1. The van der Waals surface area contributed by atoms with Crippen LogP contribution in [-0.2, 0) is 0 Å². The zero-order valence-corrected chi connectivity index (χ0v) is 13.3. The quantitative estimate of drug-likeness (QED) is 0.742. The largest absolute Gasteiger partial charge is 0.466 e. The van der Waals surface area contributed by atoms with Crippen molar-refractivity contribution in [3.8, 4) is 0 Å². The number of nitrogens with zero attached hydrogens (tertiary/aromatic N) is 1. The van der Waals surface area contributed by atoms with E-state index in [1.54, 1.807) is 18.0 Å². The average Bonchev–Trinajstić information content (AvgIpc) is 3.25. The Kier molecular flexibility index (Phi) is 3.71. The van der Waals surface area contributed by atoms with Crippen LogP contribution >= 0.6 is 11.8 Å². The molecule has 1 atom stereocenters. The van der Waals surface area contributed by atoms with Crippen LogP contribution in [0.3, 0.4) is 0 Å². The number of carbonyl (C=O) groups excluding carboxylic acids is 1. The Labute approximate surface area is 138 Å². The summed E-state index contributed by atoms with van der Waals surface area (Å²) in [5, 5.41) is 5.23. The van der Waals surface area contributed by atoms with E-state index in [1.807, 2.05) is 53.4 Å². The van der Waals surface area contributed by atoms with Crippen LogP contribution in [0.15, 0.2) is 65.3 Å². The van der Waals surface area contributed by atoms with Crippen LogP contribution in [0.2, 0.25) is 0 Å². The molecule has 1 fully saturated rings. The summed E-state index contributed by atoms with van der Waals surface area (Å²) >= 11 is 1.72. The number of fused-ring (bicyclic) bond motifs is 1. The van der Waals surface area contributed by atoms with Gasteiger partial charge in [-0.2, -0.15) is 0 Å². The van der Waals surface area contributed by atoms with Gasteiger partial charge in [0.2, 0.25) is 0 Å². The molecule has 4 nitrogen and oxygen atoms in total. The predicted octanol–water partition coefficient (Wildman–Crippen LogP) is 4.71. The molecule has 0 radical (unpaired) electrons. The summed E-state index contributed by atoms with van der Waals surface area (Å²) in [4.78, 5) is 14.4. The van der Waals surface area contributed by atoms with Gasteiger partial charge in [-0.25, -0.2) is 4.79 Å². The minimum Gasteiger partial charge on any atom is -0.466 e. The second-order valence-electron chi connectivity index (χ2n) is 5.42. The lowest BCUT2D eigenvalue weighted by Crippen LogP contribution is -2.34. The average molecular weight is 324 g/mol. The van der Waals surface area contributed by atoms with Crippen LogP contribution in [0, 0.1) is 0 Å². The molecule has 0 aliphatic carbocycles. The lowest BCUT2D eigenvalue weighted by atomic mass is 10.1. The van der Waals surface area contributed by atoms with Crippen molar-refractivity contribution >= 4 is 34.3 Å². The van der Waals surface area contributed by atoms with Crippen molar-refractivity contribution in [2.45, 2.75) is 5.37 Å². The van der Waals surface area contributed by atoms with E-state index in [2.05, 4.69) is 11.4 Å². The Bertz CT molecular complexity index is 832. The van der Waals surface area contributed by atoms with Gasteiger partial charge in [0.1, 0.15) is 11.1 Å². The third-order valence-corrected chi connectivity index (χ3v) is 5.16. The molecule has 1 saturated heterocycles. The molecule has 116 valence electrons. The molecule has 2 aromatic carbocycles. The number of benzene rings is 2. The van der Waals surface area contributed by atoms with Gasteiger partial charge in [-0.3, -0.25) is 0 Å². The van der Waals surface area contributed by atoms with Gasteiger partial charge in [-0.1, -0.05) is 30.3 Å². The molecule has 2 amide bonds. The molecule has 0 unspecified atom stereocenters. The second kappa shape index (κ2) is 6.01. The zero-order valence-electron chi connectivity index (χ0n) is 12.4. The van der Waals surface area contributed by atoms with E-state index >= 15 is 0 Å². The summed E-state index contributed by atoms with van der Waals surface area (Å²) in [5.74, 6) is 1.73. The highest BCUT2D eigenvalue weighted by Crippen LogP contribution is 2.38. The van der Waals surface area contributed by atoms with E-state index in [0.29, 0.717) is 0 Å². The molecule has 3 aromatic rings. The zero-order chi connectivity index (χ0) is 15.6. The molecule has 1 N–H and O–H groups in total. The van der Waals surface area contributed by atoms with Gasteiger partial charge in [-0.05, 0) is 35.0 Å². The minimum absolute atomic E-state index is 0.0505. The Balaban J connectivity index is 1.54. The van der Waals surface area contributed by atoms with E-state index in [-0.39, 0.29) is 11.4 Å². The Hall–Kier alpha value is -2.40. The third-order valence-electron chi connectivity index (χ3n) is 3.94. The van der Waals surface area contributed by atoms with Crippen LogP contribution < -0.4 is 5.32 Å². The fourth-order valence-corrected chi connectivity index (χ4v) is 4.01. The summed E-state index contributed by atoms with van der Waals surface area (Å²) in [6.07, 6.45) is 1.65. The highest BCUT2D eigenvalue weighted by Gasteiger charge is 2.32. The maximum Gasteiger partial charge on any atom is 0.323 e. The molecule has 1 aromatic heterocycles. The lowest BCUT2D eigenvalue weighted by Gasteiger charge is -2.22. The van der Waals surface area contributed by atoms with Crippen molar-refractivity contribution in [2.24, 2.45) is 0 Å². The van der Waals surface area contributed by atoms with Gasteiger partial charge in [0, 0.05) is 18.0 Å². The summed E-state index contributed by atoms with van der Waals surface area (Å²) in [7, 11) is 0. The fraction of sp³-hybridized carbons (Fsp3) is 0.167. The predicted molar refractivity (Wildman–Crippen MR) is 93.6 cm³/mol. The van der Waals surface area contributed by atoms with E-state index in [0.717, 1.165) is 34.5 Å². The molecule has 0 spiro atoms. The minimum atomic E-state index is -0.0910. The van der Waals surface area contributed by atoms with Crippen molar-refractivity contribution in [3.05, 3.63) is 66.6 Å². The van der Waals surface area contributed by atoms with Gasteiger partial charge in [0.15, 0.2) is 0 Å². The van der Waals surface area contributed by atoms with E-state index in [9.17, 15) is 4.79 Å². The summed E-state index contributed by atoms with van der Waals surface area (Å²) in [5.41, 5.74) is 0.809. The maximum absolute atomic E-state index is 12.6. The number of amides is 2. The first kappa shape index (κ1) is 14.2.